The minimum absolute atomic E-state index is 0.0550. The maximum absolute atomic E-state index is 10.8. The Bertz CT molecular complexity index is 959. The summed E-state index contributed by atoms with van der Waals surface area (Å²) in [6.45, 7) is 4.26. The predicted molar refractivity (Wildman–Crippen MR) is 115 cm³/mol. The van der Waals surface area contributed by atoms with Gasteiger partial charge in [-0.25, -0.2) is 0 Å². The van der Waals surface area contributed by atoms with Crippen molar-refractivity contribution >= 4 is 11.8 Å². The van der Waals surface area contributed by atoms with E-state index in [1.165, 1.54) is 22.9 Å². The molecule has 29 heavy (non-hydrogen) atoms. The third-order valence-electron chi connectivity index (χ3n) is 5.80. The van der Waals surface area contributed by atoms with Gasteiger partial charge in [-0.2, -0.15) is 0 Å². The molecule has 0 aliphatic carbocycles. The number of aryl methyl sites for hydroxylation is 1. The smallest absolute Gasteiger partial charge is 0.168 e. The molecule has 3 N–H and O–H groups in total. The molecule has 2 aromatic carbocycles. The largest absolute Gasteiger partial charge is 0.395 e. The highest BCUT2D eigenvalue weighted by atomic mass is 32.2. The quantitative estimate of drug-likeness (QED) is 0.679. The lowest BCUT2D eigenvalue weighted by atomic mass is 9.90. The Hall–Kier alpha value is -1.81. The SMILES string of the molecule is CC#Cc1ccc(Cc2cc3c(cc2C)CO[C@]32S[C@H](CO)C[C@H](O)[C@H]2O)cc1. The van der Waals surface area contributed by atoms with Crippen molar-refractivity contribution < 1.29 is 20.1 Å². The van der Waals surface area contributed by atoms with Gasteiger partial charge in [0.15, 0.2) is 4.93 Å². The highest BCUT2D eigenvalue weighted by molar-refractivity contribution is 8.00. The maximum atomic E-state index is 10.8. The minimum Gasteiger partial charge on any atom is -0.395 e. The number of rotatable bonds is 3. The Morgan fingerprint density at radius 2 is 1.97 bits per heavy atom. The Morgan fingerprint density at radius 1 is 1.21 bits per heavy atom. The molecule has 2 heterocycles. The van der Waals surface area contributed by atoms with E-state index in [1.54, 1.807) is 0 Å². The van der Waals surface area contributed by atoms with Crippen LogP contribution in [0.5, 0.6) is 0 Å². The van der Waals surface area contributed by atoms with E-state index in [0.717, 1.165) is 28.7 Å². The van der Waals surface area contributed by atoms with E-state index in [0.29, 0.717) is 13.0 Å². The number of aliphatic hydroxyl groups excluding tert-OH is 3. The van der Waals surface area contributed by atoms with Crippen LogP contribution in [0.4, 0.5) is 0 Å². The molecule has 0 radical (unpaired) electrons. The fourth-order valence-electron chi connectivity index (χ4n) is 4.25. The van der Waals surface area contributed by atoms with Gasteiger partial charge in [-0.1, -0.05) is 30.2 Å². The van der Waals surface area contributed by atoms with Gasteiger partial charge >= 0.3 is 0 Å². The summed E-state index contributed by atoms with van der Waals surface area (Å²) in [5.74, 6) is 5.97. The van der Waals surface area contributed by atoms with Crippen LogP contribution in [-0.4, -0.2) is 39.4 Å². The number of hydrogen-bond acceptors (Lipinski definition) is 5. The van der Waals surface area contributed by atoms with Gasteiger partial charge in [-0.15, -0.1) is 17.7 Å². The van der Waals surface area contributed by atoms with Crippen LogP contribution in [0, 0.1) is 18.8 Å². The first-order valence-electron chi connectivity index (χ1n) is 9.90. The number of hydrogen-bond donors (Lipinski definition) is 3. The molecule has 4 nitrogen and oxygen atoms in total. The first-order valence-corrected chi connectivity index (χ1v) is 10.8. The fourth-order valence-corrected chi connectivity index (χ4v) is 5.85. The lowest BCUT2D eigenvalue weighted by Gasteiger charge is -2.43. The van der Waals surface area contributed by atoms with Gasteiger partial charge < -0.3 is 20.1 Å². The van der Waals surface area contributed by atoms with Crippen molar-refractivity contribution in [2.24, 2.45) is 0 Å². The third kappa shape index (κ3) is 3.72. The van der Waals surface area contributed by atoms with Crippen molar-refractivity contribution in [2.75, 3.05) is 6.61 Å². The second-order valence-electron chi connectivity index (χ2n) is 7.81. The number of fused-ring (bicyclic) bond motifs is 2. The predicted octanol–water partition coefficient (Wildman–Crippen LogP) is 2.86. The van der Waals surface area contributed by atoms with Crippen LogP contribution < -0.4 is 0 Å². The standard InChI is InChI=1S/C24H26O4S/c1-3-4-16-5-7-17(8-6-16)10-18-11-21-19(9-15(18)2)14-28-24(21)23(27)22(26)12-20(13-25)29-24/h5-9,11,20,22-23,25-27H,10,12-14H2,1-2H3/t20-,22-,23+,24-/m0/s1. The van der Waals surface area contributed by atoms with Gasteiger partial charge in [0.2, 0.25) is 0 Å². The second-order valence-corrected chi connectivity index (χ2v) is 9.32. The Kier molecular flexibility index (Phi) is 5.74. The molecule has 0 unspecified atom stereocenters. The Morgan fingerprint density at radius 3 is 2.66 bits per heavy atom. The second kappa shape index (κ2) is 8.14. The molecule has 1 saturated heterocycles. The highest BCUT2D eigenvalue weighted by Crippen LogP contribution is 2.54. The summed E-state index contributed by atoms with van der Waals surface area (Å²) in [5, 5.41) is 30.7. The van der Waals surface area contributed by atoms with Crippen LogP contribution in [0.15, 0.2) is 36.4 Å². The van der Waals surface area contributed by atoms with E-state index < -0.39 is 17.1 Å². The minimum atomic E-state index is -1.03. The van der Waals surface area contributed by atoms with E-state index >= 15 is 0 Å². The van der Waals surface area contributed by atoms with E-state index in [2.05, 4.69) is 43.0 Å². The maximum Gasteiger partial charge on any atom is 0.168 e. The zero-order valence-electron chi connectivity index (χ0n) is 16.7. The Balaban J connectivity index is 1.69. The number of aliphatic hydroxyl groups is 3. The molecule has 2 aliphatic rings. The van der Waals surface area contributed by atoms with Crippen LogP contribution in [-0.2, 0) is 22.7 Å². The third-order valence-corrected chi connectivity index (χ3v) is 7.41. The summed E-state index contributed by atoms with van der Waals surface area (Å²) >= 11 is 1.43. The van der Waals surface area contributed by atoms with Crippen LogP contribution in [0.1, 0.15) is 46.7 Å². The molecule has 0 saturated carbocycles. The van der Waals surface area contributed by atoms with Crippen LogP contribution >= 0.6 is 11.8 Å². The molecule has 0 amide bonds. The normalized spacial score (nSPS) is 28.1. The topological polar surface area (TPSA) is 69.9 Å². The molecule has 4 atom stereocenters. The molecule has 152 valence electrons. The lowest BCUT2D eigenvalue weighted by Crippen LogP contribution is -2.51. The summed E-state index contributed by atoms with van der Waals surface area (Å²) in [6, 6.07) is 12.5. The molecular weight excluding hydrogens is 384 g/mol. The van der Waals surface area contributed by atoms with Crippen LogP contribution in [0.2, 0.25) is 0 Å². The van der Waals surface area contributed by atoms with E-state index in [1.807, 2.05) is 19.1 Å². The number of thioether (sulfide) groups is 1. The van der Waals surface area contributed by atoms with Gasteiger partial charge in [0.25, 0.3) is 0 Å². The van der Waals surface area contributed by atoms with Crippen molar-refractivity contribution in [1.82, 2.24) is 0 Å². The van der Waals surface area contributed by atoms with Crippen LogP contribution in [0.3, 0.4) is 0 Å². The van der Waals surface area contributed by atoms with Gasteiger partial charge in [-0.05, 0) is 61.1 Å². The van der Waals surface area contributed by atoms with Crippen molar-refractivity contribution in [3.63, 3.8) is 0 Å². The van der Waals surface area contributed by atoms with Gasteiger partial charge in [-0.3, -0.25) is 0 Å². The van der Waals surface area contributed by atoms with Gasteiger partial charge in [0.1, 0.15) is 6.10 Å². The fraction of sp³-hybridized carbons (Fsp3) is 0.417. The van der Waals surface area contributed by atoms with Crippen molar-refractivity contribution in [3.05, 3.63) is 69.8 Å². The highest BCUT2D eigenvalue weighted by Gasteiger charge is 2.54. The summed E-state index contributed by atoms with van der Waals surface area (Å²) in [4.78, 5) is -1.02. The average Bonchev–Trinajstić information content (AvgIpc) is 3.05. The van der Waals surface area contributed by atoms with Crippen LogP contribution in [0.25, 0.3) is 0 Å². The van der Waals surface area contributed by atoms with Crippen molar-refractivity contribution in [1.29, 1.82) is 0 Å². The summed E-state index contributed by atoms with van der Waals surface area (Å²) in [7, 11) is 0. The van der Waals surface area contributed by atoms with Crippen molar-refractivity contribution in [2.45, 2.75) is 55.7 Å². The molecule has 4 rings (SSSR count). The molecule has 2 aliphatic heterocycles. The average molecular weight is 411 g/mol. The first-order chi connectivity index (χ1) is 14.0. The zero-order chi connectivity index (χ0) is 20.6. The molecule has 5 heteroatoms. The number of ether oxygens (including phenoxy) is 1. The number of benzene rings is 2. The zero-order valence-corrected chi connectivity index (χ0v) is 17.5. The summed E-state index contributed by atoms with van der Waals surface area (Å²) < 4.78 is 6.10. The summed E-state index contributed by atoms with van der Waals surface area (Å²) in [6.07, 6.45) is -0.827. The van der Waals surface area contributed by atoms with E-state index in [4.69, 9.17) is 4.74 Å². The molecular formula is C24H26O4S. The Labute approximate surface area is 175 Å². The first kappa shape index (κ1) is 20.5. The molecule has 1 spiro atoms. The monoisotopic (exact) mass is 410 g/mol. The summed E-state index contributed by atoms with van der Waals surface area (Å²) in [5.41, 5.74) is 6.49. The lowest BCUT2D eigenvalue weighted by molar-refractivity contribution is -0.115. The molecule has 0 aromatic heterocycles. The molecule has 0 bridgehead atoms. The molecule has 1 fully saturated rings. The van der Waals surface area contributed by atoms with Gasteiger partial charge in [0.05, 0.1) is 19.3 Å². The van der Waals surface area contributed by atoms with E-state index in [-0.39, 0.29) is 11.9 Å². The molecule has 2 aromatic rings. The van der Waals surface area contributed by atoms with Crippen molar-refractivity contribution in [3.8, 4) is 11.8 Å². The van der Waals surface area contributed by atoms with Gasteiger partial charge in [0, 0.05) is 16.4 Å². The van der Waals surface area contributed by atoms with E-state index in [9.17, 15) is 15.3 Å².